The van der Waals surface area contributed by atoms with Crippen LogP contribution >= 0.6 is 11.8 Å². The van der Waals surface area contributed by atoms with Crippen molar-refractivity contribution in [1.29, 1.82) is 0 Å². The minimum Gasteiger partial charge on any atom is -0.497 e. The van der Waals surface area contributed by atoms with Crippen LogP contribution in [0.3, 0.4) is 0 Å². The Morgan fingerprint density at radius 2 is 1.73 bits per heavy atom. The molecule has 22 heavy (non-hydrogen) atoms. The highest BCUT2D eigenvalue weighted by Crippen LogP contribution is 2.17. The van der Waals surface area contributed by atoms with Crippen LogP contribution in [0.2, 0.25) is 0 Å². The molecule has 0 fully saturated rings. The number of carbonyl (C=O) groups excluding carboxylic acids is 2. The number of hydrogen-bond acceptors (Lipinski definition) is 4. The van der Waals surface area contributed by atoms with Crippen molar-refractivity contribution in [3.05, 3.63) is 59.9 Å². The highest BCUT2D eigenvalue weighted by molar-refractivity contribution is 8.00. The predicted octanol–water partition coefficient (Wildman–Crippen LogP) is 2.88. The van der Waals surface area contributed by atoms with E-state index in [9.17, 15) is 14.0 Å². The first-order chi connectivity index (χ1) is 10.6. The van der Waals surface area contributed by atoms with E-state index in [0.717, 1.165) is 4.90 Å². The summed E-state index contributed by atoms with van der Waals surface area (Å²) in [6.45, 7) is 0. The summed E-state index contributed by atoms with van der Waals surface area (Å²) >= 11 is 1.23. The van der Waals surface area contributed by atoms with Crippen LogP contribution in [0, 0.1) is 5.82 Å². The van der Waals surface area contributed by atoms with Gasteiger partial charge in [0.2, 0.25) is 5.91 Å². The first kappa shape index (κ1) is 16.0. The SMILES string of the molecule is COc1ccc(C(=O)NC(=O)CSc2ccc(F)cc2)cc1. The van der Waals surface area contributed by atoms with Gasteiger partial charge in [-0.05, 0) is 48.5 Å². The number of nitrogens with one attached hydrogen (secondary N) is 1. The quantitative estimate of drug-likeness (QED) is 0.861. The summed E-state index contributed by atoms with van der Waals surface area (Å²) in [5.41, 5.74) is 0.376. The van der Waals surface area contributed by atoms with E-state index in [1.807, 2.05) is 0 Å². The maximum Gasteiger partial charge on any atom is 0.257 e. The van der Waals surface area contributed by atoms with Crippen molar-refractivity contribution < 1.29 is 18.7 Å². The van der Waals surface area contributed by atoms with Crippen molar-refractivity contribution in [3.8, 4) is 5.75 Å². The van der Waals surface area contributed by atoms with Gasteiger partial charge in [-0.1, -0.05) is 0 Å². The number of imide groups is 1. The van der Waals surface area contributed by atoms with Gasteiger partial charge >= 0.3 is 0 Å². The van der Waals surface area contributed by atoms with Gasteiger partial charge in [0.15, 0.2) is 0 Å². The van der Waals surface area contributed by atoms with E-state index in [4.69, 9.17) is 4.74 Å². The van der Waals surface area contributed by atoms with Crippen LogP contribution in [0.15, 0.2) is 53.4 Å². The zero-order valence-corrected chi connectivity index (χ0v) is 12.7. The van der Waals surface area contributed by atoms with Crippen LogP contribution in [0.4, 0.5) is 4.39 Å². The van der Waals surface area contributed by atoms with Gasteiger partial charge in [0, 0.05) is 10.5 Å². The number of carbonyl (C=O) groups is 2. The summed E-state index contributed by atoms with van der Waals surface area (Å²) in [4.78, 5) is 24.4. The second kappa shape index (κ2) is 7.61. The summed E-state index contributed by atoms with van der Waals surface area (Å²) in [7, 11) is 1.53. The van der Waals surface area contributed by atoms with Gasteiger partial charge in [0.25, 0.3) is 5.91 Å². The summed E-state index contributed by atoms with van der Waals surface area (Å²) in [5.74, 6) is -0.492. The molecule has 114 valence electrons. The van der Waals surface area contributed by atoms with Crippen molar-refractivity contribution in [1.82, 2.24) is 5.32 Å². The van der Waals surface area contributed by atoms with Crippen LogP contribution < -0.4 is 10.1 Å². The molecule has 0 heterocycles. The van der Waals surface area contributed by atoms with Crippen LogP contribution in [-0.2, 0) is 4.79 Å². The fourth-order valence-corrected chi connectivity index (χ4v) is 2.36. The molecule has 6 heteroatoms. The molecule has 0 spiro atoms. The van der Waals surface area contributed by atoms with Gasteiger partial charge in [-0.15, -0.1) is 11.8 Å². The van der Waals surface area contributed by atoms with Crippen LogP contribution in [0.5, 0.6) is 5.75 Å². The first-order valence-electron chi connectivity index (χ1n) is 6.45. The van der Waals surface area contributed by atoms with Gasteiger partial charge < -0.3 is 4.74 Å². The molecule has 0 saturated heterocycles. The molecule has 0 unspecified atom stereocenters. The van der Waals surface area contributed by atoms with E-state index in [1.165, 1.54) is 31.0 Å². The van der Waals surface area contributed by atoms with Crippen molar-refractivity contribution in [2.75, 3.05) is 12.9 Å². The van der Waals surface area contributed by atoms with Crippen molar-refractivity contribution in [2.45, 2.75) is 4.90 Å². The van der Waals surface area contributed by atoms with E-state index in [2.05, 4.69) is 5.32 Å². The number of rotatable bonds is 5. The average molecular weight is 319 g/mol. The Hall–Kier alpha value is -2.34. The molecule has 2 amide bonds. The molecule has 0 aromatic heterocycles. The minimum atomic E-state index is -0.465. The number of amides is 2. The minimum absolute atomic E-state index is 0.0769. The third-order valence-electron chi connectivity index (χ3n) is 2.79. The molecular formula is C16H14FNO3S. The number of methoxy groups -OCH3 is 1. The molecule has 0 aliphatic rings. The van der Waals surface area contributed by atoms with Gasteiger partial charge in [0.05, 0.1) is 12.9 Å². The van der Waals surface area contributed by atoms with E-state index < -0.39 is 11.8 Å². The van der Waals surface area contributed by atoms with Crippen LogP contribution in [0.1, 0.15) is 10.4 Å². The fraction of sp³-hybridized carbons (Fsp3) is 0.125. The lowest BCUT2D eigenvalue weighted by atomic mass is 10.2. The van der Waals surface area contributed by atoms with Gasteiger partial charge in [-0.25, -0.2) is 4.39 Å². The fourth-order valence-electron chi connectivity index (χ4n) is 1.66. The molecule has 2 rings (SSSR count). The number of halogens is 1. The lowest BCUT2D eigenvalue weighted by Crippen LogP contribution is -2.31. The molecule has 4 nitrogen and oxygen atoms in total. The van der Waals surface area contributed by atoms with Gasteiger partial charge in [-0.2, -0.15) is 0 Å². The average Bonchev–Trinajstić information content (AvgIpc) is 2.54. The molecule has 0 atom stereocenters. The molecule has 1 N–H and O–H groups in total. The van der Waals surface area contributed by atoms with Crippen molar-refractivity contribution in [2.24, 2.45) is 0 Å². The smallest absolute Gasteiger partial charge is 0.257 e. The first-order valence-corrected chi connectivity index (χ1v) is 7.43. The molecule has 0 bridgehead atoms. The Balaban J connectivity index is 1.85. The molecule has 2 aromatic rings. The summed E-state index contributed by atoms with van der Waals surface area (Å²) in [6, 6.07) is 12.3. The van der Waals surface area contributed by atoms with E-state index in [1.54, 1.807) is 36.4 Å². The van der Waals surface area contributed by atoms with Gasteiger partial charge in [0.1, 0.15) is 11.6 Å². The van der Waals surface area contributed by atoms with E-state index >= 15 is 0 Å². The largest absolute Gasteiger partial charge is 0.497 e. The Bertz CT molecular complexity index is 656. The standard InChI is InChI=1S/C16H14FNO3S/c1-21-13-6-2-11(3-7-13)16(20)18-15(19)10-22-14-8-4-12(17)5-9-14/h2-9H,10H2,1H3,(H,18,19,20). The summed E-state index contributed by atoms with van der Waals surface area (Å²) < 4.78 is 17.8. The Morgan fingerprint density at radius 1 is 1.09 bits per heavy atom. The molecular weight excluding hydrogens is 305 g/mol. The monoisotopic (exact) mass is 319 g/mol. The van der Waals surface area contributed by atoms with Crippen molar-refractivity contribution in [3.63, 3.8) is 0 Å². The summed E-state index contributed by atoms with van der Waals surface area (Å²) in [6.07, 6.45) is 0. The number of ether oxygens (including phenoxy) is 1. The summed E-state index contributed by atoms with van der Waals surface area (Å²) in [5, 5.41) is 2.30. The highest BCUT2D eigenvalue weighted by Gasteiger charge is 2.10. The molecule has 0 aliphatic heterocycles. The second-order valence-corrected chi connectivity index (χ2v) is 5.40. The Labute approximate surface area is 131 Å². The van der Waals surface area contributed by atoms with Gasteiger partial charge in [-0.3, -0.25) is 14.9 Å². The maximum absolute atomic E-state index is 12.8. The maximum atomic E-state index is 12.8. The normalized spacial score (nSPS) is 10.1. The lowest BCUT2D eigenvalue weighted by molar-refractivity contribution is -0.117. The number of thioether (sulfide) groups is 1. The van der Waals surface area contributed by atoms with Crippen molar-refractivity contribution >= 4 is 23.6 Å². The molecule has 0 aliphatic carbocycles. The Morgan fingerprint density at radius 3 is 2.32 bits per heavy atom. The predicted molar refractivity (Wildman–Crippen MR) is 82.6 cm³/mol. The van der Waals surface area contributed by atoms with E-state index in [0.29, 0.717) is 11.3 Å². The molecule has 0 saturated carbocycles. The topological polar surface area (TPSA) is 55.4 Å². The number of hydrogen-bond donors (Lipinski definition) is 1. The number of benzene rings is 2. The Kier molecular flexibility index (Phi) is 5.55. The van der Waals surface area contributed by atoms with E-state index in [-0.39, 0.29) is 11.6 Å². The third kappa shape index (κ3) is 4.60. The zero-order valence-electron chi connectivity index (χ0n) is 11.8. The third-order valence-corrected chi connectivity index (χ3v) is 3.80. The highest BCUT2D eigenvalue weighted by atomic mass is 32.2. The zero-order chi connectivity index (χ0) is 15.9. The second-order valence-electron chi connectivity index (χ2n) is 4.35. The molecule has 0 radical (unpaired) electrons. The molecule has 2 aromatic carbocycles. The van der Waals surface area contributed by atoms with Crippen LogP contribution in [-0.4, -0.2) is 24.7 Å². The van der Waals surface area contributed by atoms with Crippen LogP contribution in [0.25, 0.3) is 0 Å². The lowest BCUT2D eigenvalue weighted by Gasteiger charge is -2.05.